The fourth-order valence-electron chi connectivity index (χ4n) is 4.71. The molecule has 176 valence electrons. The van der Waals surface area contributed by atoms with Gasteiger partial charge in [-0.1, -0.05) is 65.0 Å². The van der Waals surface area contributed by atoms with Gasteiger partial charge in [-0.2, -0.15) is 0 Å². The van der Waals surface area contributed by atoms with Crippen molar-refractivity contribution in [3.05, 3.63) is 57.3 Å². The Kier molecular flexibility index (Phi) is 7.85. The molecule has 0 bridgehead atoms. The Bertz CT molecular complexity index is 898. The van der Waals surface area contributed by atoms with Crippen molar-refractivity contribution >= 4 is 17.2 Å². The van der Waals surface area contributed by atoms with Gasteiger partial charge in [0.2, 0.25) is 5.91 Å². The maximum atomic E-state index is 11.8. The van der Waals surface area contributed by atoms with Gasteiger partial charge in [0.05, 0.1) is 12.1 Å². The van der Waals surface area contributed by atoms with Crippen LogP contribution in [-0.4, -0.2) is 29.7 Å². The maximum Gasteiger partial charge on any atom is 0.217 e. The van der Waals surface area contributed by atoms with Crippen molar-refractivity contribution in [3.63, 3.8) is 0 Å². The molecule has 1 aromatic carbocycles. The smallest absolute Gasteiger partial charge is 0.217 e. The van der Waals surface area contributed by atoms with Gasteiger partial charge in [-0.05, 0) is 53.7 Å². The molecule has 1 aromatic heterocycles. The van der Waals surface area contributed by atoms with Crippen LogP contribution in [0.15, 0.2) is 36.4 Å². The minimum Gasteiger partial charge on any atom is -0.390 e. The standard InChI is InChI=1S/C27H40N2O2S/c1-18(30)29-22(12-19-10-8-7-9-11-19)24(31)17-28-23-15-27(5,6)16-25-21(23)13-20(32-25)14-26(2,3)4/h7-11,13,22-24,28,31H,12,14-17H2,1-6H3,(H,29,30)/t22-,23-,24+/m0/s1. The Balaban J connectivity index is 1.72. The van der Waals surface area contributed by atoms with Crippen molar-refractivity contribution in [2.75, 3.05) is 6.54 Å². The summed E-state index contributed by atoms with van der Waals surface area (Å²) in [6, 6.07) is 12.3. The lowest BCUT2D eigenvalue weighted by Gasteiger charge is -2.36. The summed E-state index contributed by atoms with van der Waals surface area (Å²) in [5, 5.41) is 17.6. The van der Waals surface area contributed by atoms with Crippen LogP contribution in [0.5, 0.6) is 0 Å². The lowest BCUT2D eigenvalue weighted by molar-refractivity contribution is -0.120. The van der Waals surface area contributed by atoms with Gasteiger partial charge in [0, 0.05) is 29.3 Å². The number of nitrogens with one attached hydrogen (secondary N) is 2. The molecule has 32 heavy (non-hydrogen) atoms. The largest absolute Gasteiger partial charge is 0.390 e. The lowest BCUT2D eigenvalue weighted by atomic mass is 9.75. The van der Waals surface area contributed by atoms with Crippen LogP contribution >= 0.6 is 11.3 Å². The Hall–Kier alpha value is -1.69. The molecule has 3 N–H and O–H groups in total. The monoisotopic (exact) mass is 456 g/mol. The number of aliphatic hydroxyl groups excluding tert-OH is 1. The van der Waals surface area contributed by atoms with E-state index in [1.165, 1.54) is 22.2 Å². The summed E-state index contributed by atoms with van der Waals surface area (Å²) >= 11 is 1.96. The molecule has 3 atom stereocenters. The van der Waals surface area contributed by atoms with Gasteiger partial charge in [0.15, 0.2) is 0 Å². The van der Waals surface area contributed by atoms with Gasteiger partial charge in [0.25, 0.3) is 0 Å². The Morgan fingerprint density at radius 2 is 1.94 bits per heavy atom. The van der Waals surface area contributed by atoms with E-state index in [1.807, 2.05) is 41.7 Å². The van der Waals surface area contributed by atoms with Crippen LogP contribution in [0, 0.1) is 10.8 Å². The third-order valence-corrected chi connectivity index (χ3v) is 7.24. The fourth-order valence-corrected chi connectivity index (χ4v) is 6.50. The van der Waals surface area contributed by atoms with Gasteiger partial charge < -0.3 is 15.7 Å². The summed E-state index contributed by atoms with van der Waals surface area (Å²) in [6.45, 7) is 13.5. The normalized spacial score (nSPS) is 19.8. The van der Waals surface area contributed by atoms with Crippen molar-refractivity contribution in [2.24, 2.45) is 10.8 Å². The first-order chi connectivity index (χ1) is 14.9. The molecule has 1 aliphatic rings. The molecule has 0 saturated carbocycles. The summed E-state index contributed by atoms with van der Waals surface area (Å²) in [5.74, 6) is -0.115. The van der Waals surface area contributed by atoms with E-state index in [2.05, 4.69) is 51.3 Å². The molecule has 1 aliphatic carbocycles. The molecular weight excluding hydrogens is 416 g/mol. The second-order valence-electron chi connectivity index (χ2n) is 11.4. The predicted octanol–water partition coefficient (Wildman–Crippen LogP) is 5.05. The van der Waals surface area contributed by atoms with Crippen molar-refractivity contribution in [3.8, 4) is 0 Å². The summed E-state index contributed by atoms with van der Waals surface area (Å²) in [4.78, 5) is 14.7. The molecule has 0 unspecified atom stereocenters. The number of carbonyl (C=O) groups excluding carboxylic acids is 1. The molecule has 0 radical (unpaired) electrons. The first kappa shape index (κ1) is 24.9. The molecule has 3 rings (SSSR count). The number of hydrogen-bond acceptors (Lipinski definition) is 4. The number of aliphatic hydroxyl groups is 1. The van der Waals surface area contributed by atoms with E-state index in [0.717, 1.165) is 24.8 Å². The SMILES string of the molecule is CC(=O)N[C@@H](Cc1ccccc1)[C@H](O)CN[C@H]1CC(C)(C)Cc2sc(CC(C)(C)C)cc21. The molecule has 0 spiro atoms. The molecular formula is C27H40N2O2S. The van der Waals surface area contributed by atoms with Crippen molar-refractivity contribution < 1.29 is 9.90 Å². The third-order valence-electron chi connectivity index (χ3n) is 6.09. The summed E-state index contributed by atoms with van der Waals surface area (Å²) in [5.41, 5.74) is 3.00. The van der Waals surface area contributed by atoms with Crippen LogP contribution in [0.1, 0.15) is 74.9 Å². The highest BCUT2D eigenvalue weighted by Crippen LogP contribution is 2.45. The van der Waals surface area contributed by atoms with Crippen LogP contribution in [0.3, 0.4) is 0 Å². The highest BCUT2D eigenvalue weighted by molar-refractivity contribution is 7.12. The summed E-state index contributed by atoms with van der Waals surface area (Å²) < 4.78 is 0. The second-order valence-corrected chi connectivity index (χ2v) is 12.6. The summed E-state index contributed by atoms with van der Waals surface area (Å²) in [6.07, 6.45) is 3.18. The molecule has 0 fully saturated rings. The second kappa shape index (κ2) is 10.1. The lowest BCUT2D eigenvalue weighted by Crippen LogP contribution is -2.49. The minimum atomic E-state index is -0.666. The zero-order chi connectivity index (χ0) is 23.5. The predicted molar refractivity (Wildman–Crippen MR) is 134 cm³/mol. The van der Waals surface area contributed by atoms with Gasteiger partial charge >= 0.3 is 0 Å². The van der Waals surface area contributed by atoms with Gasteiger partial charge in [0.1, 0.15) is 0 Å². The van der Waals surface area contributed by atoms with Gasteiger partial charge in [-0.15, -0.1) is 11.3 Å². The molecule has 4 nitrogen and oxygen atoms in total. The number of rotatable bonds is 8. The van der Waals surface area contributed by atoms with Gasteiger partial charge in [-0.25, -0.2) is 0 Å². The number of amides is 1. The van der Waals surface area contributed by atoms with Crippen LogP contribution in [0.25, 0.3) is 0 Å². The minimum absolute atomic E-state index is 0.115. The van der Waals surface area contributed by atoms with Crippen molar-refractivity contribution in [2.45, 2.75) is 85.4 Å². The fraction of sp³-hybridized carbons (Fsp3) is 0.593. The molecule has 0 saturated heterocycles. The molecule has 5 heteroatoms. The van der Waals surface area contributed by atoms with Crippen molar-refractivity contribution in [1.29, 1.82) is 0 Å². The Morgan fingerprint density at radius 3 is 2.56 bits per heavy atom. The van der Waals surface area contributed by atoms with E-state index in [-0.39, 0.29) is 28.8 Å². The van der Waals surface area contributed by atoms with Gasteiger partial charge in [-0.3, -0.25) is 4.79 Å². The quantitative estimate of drug-likeness (QED) is 0.521. The number of benzene rings is 1. The Labute approximate surface area is 197 Å². The zero-order valence-electron chi connectivity index (χ0n) is 20.5. The molecule has 0 aliphatic heterocycles. The van der Waals surface area contributed by atoms with Crippen LogP contribution in [-0.2, 0) is 24.1 Å². The maximum absolute atomic E-state index is 11.8. The molecule has 2 aromatic rings. The van der Waals surface area contributed by atoms with E-state index >= 15 is 0 Å². The van der Waals surface area contributed by atoms with E-state index in [4.69, 9.17) is 0 Å². The first-order valence-corrected chi connectivity index (χ1v) is 12.6. The number of carbonyl (C=O) groups is 1. The molecule has 1 heterocycles. The van der Waals surface area contributed by atoms with E-state index in [0.29, 0.717) is 13.0 Å². The van der Waals surface area contributed by atoms with Crippen LogP contribution < -0.4 is 10.6 Å². The highest BCUT2D eigenvalue weighted by Gasteiger charge is 2.34. The topological polar surface area (TPSA) is 61.4 Å². The number of thiophene rings is 1. The van der Waals surface area contributed by atoms with Crippen LogP contribution in [0.2, 0.25) is 0 Å². The van der Waals surface area contributed by atoms with E-state index in [1.54, 1.807) is 0 Å². The number of hydrogen-bond donors (Lipinski definition) is 3. The first-order valence-electron chi connectivity index (χ1n) is 11.8. The number of fused-ring (bicyclic) bond motifs is 1. The summed E-state index contributed by atoms with van der Waals surface area (Å²) in [7, 11) is 0. The van der Waals surface area contributed by atoms with E-state index in [9.17, 15) is 9.90 Å². The highest BCUT2D eigenvalue weighted by atomic mass is 32.1. The zero-order valence-corrected chi connectivity index (χ0v) is 21.3. The van der Waals surface area contributed by atoms with E-state index < -0.39 is 6.10 Å². The average molecular weight is 457 g/mol. The Morgan fingerprint density at radius 1 is 1.25 bits per heavy atom. The average Bonchev–Trinajstić information content (AvgIpc) is 3.04. The van der Waals surface area contributed by atoms with Crippen LogP contribution in [0.4, 0.5) is 0 Å². The van der Waals surface area contributed by atoms with Crippen molar-refractivity contribution in [1.82, 2.24) is 10.6 Å². The molecule has 1 amide bonds. The third kappa shape index (κ3) is 7.16.